The van der Waals surface area contributed by atoms with E-state index in [4.69, 9.17) is 0 Å². The molecule has 0 atom stereocenters. The highest BCUT2D eigenvalue weighted by atomic mass is 32.2. The van der Waals surface area contributed by atoms with Gasteiger partial charge in [-0.15, -0.1) is 11.3 Å². The van der Waals surface area contributed by atoms with Crippen molar-refractivity contribution in [2.75, 3.05) is 11.9 Å². The van der Waals surface area contributed by atoms with Crippen molar-refractivity contribution in [3.05, 3.63) is 76.2 Å². The Morgan fingerprint density at radius 2 is 2.03 bits per heavy atom. The summed E-state index contributed by atoms with van der Waals surface area (Å²) in [6.45, 7) is 0.575. The minimum absolute atomic E-state index is 0.191. The van der Waals surface area contributed by atoms with E-state index >= 15 is 0 Å². The Labute approximate surface area is 172 Å². The van der Waals surface area contributed by atoms with Crippen LogP contribution in [-0.4, -0.2) is 40.1 Å². The number of carbonyl (C=O) groups is 1. The molecule has 8 nitrogen and oxygen atoms in total. The molecule has 1 aliphatic rings. The Balaban J connectivity index is 1.46. The van der Waals surface area contributed by atoms with E-state index < -0.39 is 15.9 Å². The second-order valence-electron chi connectivity index (χ2n) is 6.28. The van der Waals surface area contributed by atoms with E-state index in [0.29, 0.717) is 18.1 Å². The molecule has 0 saturated heterocycles. The second kappa shape index (κ2) is 8.19. The topological polar surface area (TPSA) is 105 Å². The zero-order valence-electron chi connectivity index (χ0n) is 15.2. The fourth-order valence-corrected chi connectivity index (χ4v) is 5.09. The van der Waals surface area contributed by atoms with Crippen molar-refractivity contribution in [2.24, 2.45) is 0 Å². The maximum Gasteiger partial charge on any atom is 0.277 e. The van der Waals surface area contributed by atoms with Crippen molar-refractivity contribution < 1.29 is 13.2 Å². The summed E-state index contributed by atoms with van der Waals surface area (Å²) in [5.74, 6) is -0.403. The van der Waals surface area contributed by atoms with Gasteiger partial charge in [-0.1, -0.05) is 30.3 Å². The third-order valence-electron chi connectivity index (χ3n) is 4.30. The number of thiazole rings is 1. The van der Waals surface area contributed by atoms with Gasteiger partial charge in [0, 0.05) is 35.6 Å². The van der Waals surface area contributed by atoms with Crippen LogP contribution in [0.15, 0.2) is 54.3 Å². The second-order valence-corrected chi connectivity index (χ2v) is 9.18. The molecule has 4 rings (SSSR count). The van der Waals surface area contributed by atoms with Gasteiger partial charge < -0.3 is 0 Å². The van der Waals surface area contributed by atoms with Gasteiger partial charge in [-0.3, -0.25) is 15.1 Å². The van der Waals surface area contributed by atoms with Crippen molar-refractivity contribution in [3.63, 3.8) is 0 Å². The molecule has 1 N–H and O–H groups in total. The minimum atomic E-state index is -3.55. The monoisotopic (exact) mass is 427 g/mol. The number of benzene rings is 1. The minimum Gasteiger partial charge on any atom is -0.296 e. The number of aromatic nitrogens is 3. The third-order valence-corrected chi connectivity index (χ3v) is 6.81. The summed E-state index contributed by atoms with van der Waals surface area (Å²) in [5, 5.41) is 4.35. The quantitative estimate of drug-likeness (QED) is 0.671. The molecule has 29 heavy (non-hydrogen) atoms. The van der Waals surface area contributed by atoms with E-state index in [1.54, 1.807) is 6.08 Å². The van der Waals surface area contributed by atoms with E-state index in [1.807, 2.05) is 30.3 Å². The highest BCUT2D eigenvalue weighted by Gasteiger charge is 2.28. The maximum absolute atomic E-state index is 12.7. The van der Waals surface area contributed by atoms with Crippen LogP contribution in [0.1, 0.15) is 26.6 Å². The first-order chi connectivity index (χ1) is 14.0. The Morgan fingerprint density at radius 3 is 2.79 bits per heavy atom. The molecular weight excluding hydrogens is 410 g/mol. The summed E-state index contributed by atoms with van der Waals surface area (Å²) in [6.07, 6.45) is 6.37. The standard InChI is InChI=1S/C19H17N5O3S2/c25-18(16-12-20-8-9-21-16)23-19-22-15-6-10-24(13-17(15)28-19)29(26,27)11-7-14-4-2-1-3-5-14/h1-5,7-9,11-12H,6,10,13H2,(H,22,23,25)/b11-7+. The van der Waals surface area contributed by atoms with Gasteiger partial charge in [0.05, 0.1) is 18.4 Å². The van der Waals surface area contributed by atoms with Crippen molar-refractivity contribution in [3.8, 4) is 0 Å². The molecular formula is C19H17N5O3S2. The number of amides is 1. The molecule has 3 heterocycles. The summed E-state index contributed by atoms with van der Waals surface area (Å²) in [7, 11) is -3.55. The van der Waals surface area contributed by atoms with Crippen LogP contribution in [0.25, 0.3) is 6.08 Å². The number of carbonyl (C=O) groups excluding carboxylic acids is 1. The van der Waals surface area contributed by atoms with Gasteiger partial charge in [-0.05, 0) is 11.6 Å². The fourth-order valence-electron chi connectivity index (χ4n) is 2.83. The van der Waals surface area contributed by atoms with Gasteiger partial charge in [0.25, 0.3) is 5.91 Å². The van der Waals surface area contributed by atoms with Crippen molar-refractivity contribution in [1.82, 2.24) is 19.3 Å². The van der Waals surface area contributed by atoms with Crippen molar-refractivity contribution in [1.29, 1.82) is 0 Å². The van der Waals surface area contributed by atoms with Gasteiger partial charge in [-0.25, -0.2) is 18.4 Å². The predicted molar refractivity (Wildman–Crippen MR) is 111 cm³/mol. The Bertz CT molecular complexity index is 1150. The van der Waals surface area contributed by atoms with Gasteiger partial charge >= 0.3 is 0 Å². The highest BCUT2D eigenvalue weighted by molar-refractivity contribution is 7.92. The molecule has 1 aliphatic heterocycles. The largest absolute Gasteiger partial charge is 0.296 e. The summed E-state index contributed by atoms with van der Waals surface area (Å²) < 4.78 is 26.8. The molecule has 2 aromatic heterocycles. The van der Waals surface area contributed by atoms with Crippen LogP contribution >= 0.6 is 11.3 Å². The summed E-state index contributed by atoms with van der Waals surface area (Å²) in [6, 6.07) is 9.27. The lowest BCUT2D eigenvalue weighted by Gasteiger charge is -2.23. The van der Waals surface area contributed by atoms with E-state index in [-0.39, 0.29) is 12.2 Å². The first-order valence-electron chi connectivity index (χ1n) is 8.80. The van der Waals surface area contributed by atoms with Gasteiger partial charge in [0.15, 0.2) is 5.13 Å². The first-order valence-corrected chi connectivity index (χ1v) is 11.1. The molecule has 0 unspecified atom stereocenters. The predicted octanol–water partition coefficient (Wildman–Crippen LogP) is 2.54. The molecule has 10 heteroatoms. The normalized spacial score (nSPS) is 14.6. The van der Waals surface area contributed by atoms with E-state index in [9.17, 15) is 13.2 Å². The number of hydrogen-bond donors (Lipinski definition) is 1. The molecule has 0 radical (unpaired) electrons. The Kier molecular flexibility index (Phi) is 5.47. The van der Waals surface area contributed by atoms with Crippen LogP contribution in [-0.2, 0) is 23.0 Å². The number of nitrogens with one attached hydrogen (secondary N) is 1. The number of anilines is 1. The molecule has 0 bridgehead atoms. The summed E-state index contributed by atoms with van der Waals surface area (Å²) >= 11 is 1.27. The molecule has 0 saturated carbocycles. The van der Waals surface area contributed by atoms with Crippen LogP contribution in [0.2, 0.25) is 0 Å². The fraction of sp³-hybridized carbons (Fsp3) is 0.158. The third kappa shape index (κ3) is 4.56. The van der Waals surface area contributed by atoms with Gasteiger partial charge in [0.2, 0.25) is 10.0 Å². The first kappa shape index (κ1) is 19.4. The van der Waals surface area contributed by atoms with Crippen molar-refractivity contribution >= 4 is 38.5 Å². The zero-order chi connectivity index (χ0) is 20.3. The number of hydrogen-bond acceptors (Lipinski definition) is 7. The van der Waals surface area contributed by atoms with Crippen LogP contribution in [0.3, 0.4) is 0 Å². The summed E-state index contributed by atoms with van der Waals surface area (Å²) in [5.41, 5.74) is 1.82. The number of fused-ring (bicyclic) bond motifs is 1. The molecule has 3 aromatic rings. The van der Waals surface area contributed by atoms with Gasteiger partial charge in [0.1, 0.15) is 5.69 Å². The Morgan fingerprint density at radius 1 is 1.21 bits per heavy atom. The van der Waals surface area contributed by atoms with Crippen LogP contribution in [0.5, 0.6) is 0 Å². The number of sulfonamides is 1. The average Bonchev–Trinajstić information content (AvgIpc) is 3.15. The molecule has 1 amide bonds. The van der Waals surface area contributed by atoms with Crippen molar-refractivity contribution in [2.45, 2.75) is 13.0 Å². The SMILES string of the molecule is O=C(Nc1nc2c(s1)CN(S(=O)(=O)/C=C/c1ccccc1)CC2)c1cnccn1. The lowest BCUT2D eigenvalue weighted by molar-refractivity contribution is 0.102. The average molecular weight is 428 g/mol. The molecule has 0 aliphatic carbocycles. The van der Waals surface area contributed by atoms with Crippen LogP contribution < -0.4 is 5.32 Å². The smallest absolute Gasteiger partial charge is 0.277 e. The number of rotatable bonds is 5. The lowest BCUT2D eigenvalue weighted by Crippen LogP contribution is -2.34. The molecule has 0 fully saturated rings. The van der Waals surface area contributed by atoms with Gasteiger partial charge in [-0.2, -0.15) is 4.31 Å². The highest BCUT2D eigenvalue weighted by Crippen LogP contribution is 2.30. The maximum atomic E-state index is 12.7. The van der Waals surface area contributed by atoms with Crippen LogP contribution in [0.4, 0.5) is 5.13 Å². The lowest BCUT2D eigenvalue weighted by atomic mass is 10.2. The van der Waals surface area contributed by atoms with E-state index in [0.717, 1.165) is 16.1 Å². The van der Waals surface area contributed by atoms with Crippen LogP contribution in [0, 0.1) is 0 Å². The zero-order valence-corrected chi connectivity index (χ0v) is 16.9. The molecule has 1 aromatic carbocycles. The molecule has 148 valence electrons. The number of nitrogens with zero attached hydrogens (tertiary/aromatic N) is 4. The Hall–Kier alpha value is -2.95. The summed E-state index contributed by atoms with van der Waals surface area (Å²) in [4.78, 5) is 25.3. The molecule has 0 spiro atoms. The van der Waals surface area contributed by atoms with E-state index in [2.05, 4.69) is 20.3 Å². The van der Waals surface area contributed by atoms with E-state index in [1.165, 1.54) is 39.6 Å².